The molecule has 0 aromatic carbocycles. The van der Waals surface area contributed by atoms with Crippen molar-refractivity contribution in [1.29, 1.82) is 0 Å². The van der Waals surface area contributed by atoms with Crippen molar-refractivity contribution >= 4 is 5.97 Å². The minimum absolute atomic E-state index is 0.0972. The fourth-order valence-electron chi connectivity index (χ4n) is 2.04. The lowest BCUT2D eigenvalue weighted by Crippen LogP contribution is -2.18. The van der Waals surface area contributed by atoms with Crippen molar-refractivity contribution in [3.63, 3.8) is 0 Å². The van der Waals surface area contributed by atoms with Crippen molar-refractivity contribution in [2.75, 3.05) is 0 Å². The molecular formula is C9H16O2. The summed E-state index contributed by atoms with van der Waals surface area (Å²) in [5, 5.41) is 8.82. The Labute approximate surface area is 67.6 Å². The van der Waals surface area contributed by atoms with Crippen molar-refractivity contribution in [2.24, 2.45) is 23.7 Å². The Morgan fingerprint density at radius 3 is 2.00 bits per heavy atom. The topological polar surface area (TPSA) is 37.3 Å². The van der Waals surface area contributed by atoms with Crippen LogP contribution < -0.4 is 0 Å². The molecule has 0 bridgehead atoms. The smallest absolute Gasteiger partial charge is 0.306 e. The fourth-order valence-corrected chi connectivity index (χ4v) is 2.04. The first kappa shape index (κ1) is 8.57. The van der Waals surface area contributed by atoms with Gasteiger partial charge in [0.1, 0.15) is 0 Å². The zero-order valence-electron chi connectivity index (χ0n) is 7.37. The van der Waals surface area contributed by atoms with E-state index in [9.17, 15) is 4.79 Å². The molecule has 0 unspecified atom stereocenters. The van der Waals surface area contributed by atoms with Crippen LogP contribution in [0.1, 0.15) is 27.2 Å². The summed E-state index contributed by atoms with van der Waals surface area (Å²) in [6, 6.07) is 0. The van der Waals surface area contributed by atoms with Crippen LogP contribution in [-0.4, -0.2) is 11.1 Å². The molecule has 1 N–H and O–H groups in total. The Balaban J connectivity index is 2.67. The number of hydrogen-bond donors (Lipinski definition) is 1. The molecule has 4 atom stereocenters. The predicted molar refractivity (Wildman–Crippen MR) is 43.2 cm³/mol. The number of carboxylic acid groups (broad SMARTS) is 1. The molecule has 1 saturated carbocycles. The second-order valence-electron chi connectivity index (χ2n) is 3.88. The molecule has 2 nitrogen and oxygen atoms in total. The van der Waals surface area contributed by atoms with Gasteiger partial charge in [0.05, 0.1) is 5.92 Å². The van der Waals surface area contributed by atoms with Crippen molar-refractivity contribution < 1.29 is 9.90 Å². The lowest BCUT2D eigenvalue weighted by atomic mass is 9.91. The molecule has 0 aromatic heterocycles. The maximum atomic E-state index is 10.7. The summed E-state index contributed by atoms with van der Waals surface area (Å²) in [6.45, 7) is 6.34. The summed E-state index contributed by atoms with van der Waals surface area (Å²) in [5.74, 6) is 0.776. The molecule has 1 fully saturated rings. The molecule has 2 heteroatoms. The molecule has 11 heavy (non-hydrogen) atoms. The van der Waals surface area contributed by atoms with E-state index in [2.05, 4.69) is 13.8 Å². The minimum Gasteiger partial charge on any atom is -0.481 e. The van der Waals surface area contributed by atoms with Gasteiger partial charge >= 0.3 is 5.97 Å². The summed E-state index contributed by atoms with van der Waals surface area (Å²) in [5.41, 5.74) is 0. The Hall–Kier alpha value is -0.530. The van der Waals surface area contributed by atoms with E-state index >= 15 is 0 Å². The van der Waals surface area contributed by atoms with E-state index in [1.807, 2.05) is 6.92 Å². The van der Waals surface area contributed by atoms with Crippen LogP contribution in [0.2, 0.25) is 0 Å². The van der Waals surface area contributed by atoms with E-state index in [0.29, 0.717) is 17.8 Å². The monoisotopic (exact) mass is 156 g/mol. The second-order valence-corrected chi connectivity index (χ2v) is 3.88. The van der Waals surface area contributed by atoms with Crippen molar-refractivity contribution in [3.8, 4) is 0 Å². The predicted octanol–water partition coefficient (Wildman–Crippen LogP) is 2.00. The highest BCUT2D eigenvalue weighted by atomic mass is 16.4. The van der Waals surface area contributed by atoms with Gasteiger partial charge in [-0.05, 0) is 24.2 Å². The number of carboxylic acids is 1. The average molecular weight is 156 g/mol. The van der Waals surface area contributed by atoms with E-state index in [4.69, 9.17) is 5.11 Å². The molecule has 0 amide bonds. The molecule has 0 heterocycles. The van der Waals surface area contributed by atoms with E-state index in [0.717, 1.165) is 6.42 Å². The maximum Gasteiger partial charge on any atom is 0.306 e. The largest absolute Gasteiger partial charge is 0.481 e. The summed E-state index contributed by atoms with van der Waals surface area (Å²) in [4.78, 5) is 10.7. The highest BCUT2D eigenvalue weighted by Gasteiger charge is 2.39. The molecule has 0 spiro atoms. The van der Waals surface area contributed by atoms with Crippen molar-refractivity contribution in [3.05, 3.63) is 0 Å². The van der Waals surface area contributed by atoms with E-state index in [-0.39, 0.29) is 5.92 Å². The summed E-state index contributed by atoms with van der Waals surface area (Å²) < 4.78 is 0. The number of hydrogen-bond acceptors (Lipinski definition) is 1. The van der Waals surface area contributed by atoms with E-state index < -0.39 is 5.97 Å². The second kappa shape index (κ2) is 2.84. The van der Waals surface area contributed by atoms with Gasteiger partial charge in [-0.2, -0.15) is 0 Å². The van der Waals surface area contributed by atoms with E-state index in [1.54, 1.807) is 0 Å². The molecule has 0 aliphatic heterocycles. The first-order valence-corrected chi connectivity index (χ1v) is 4.26. The first-order chi connectivity index (χ1) is 5.04. The number of rotatable bonds is 1. The maximum absolute atomic E-state index is 10.7. The Morgan fingerprint density at radius 2 is 1.82 bits per heavy atom. The highest BCUT2D eigenvalue weighted by Crippen LogP contribution is 2.40. The average Bonchev–Trinajstić information content (AvgIpc) is 2.17. The summed E-state index contributed by atoms with van der Waals surface area (Å²) in [7, 11) is 0. The molecule has 0 saturated heterocycles. The van der Waals surface area contributed by atoms with Gasteiger partial charge < -0.3 is 5.11 Å². The SMILES string of the molecule is C[C@@H]1[C@H](C)[C@H](C)C[C@H]1C(=O)O. The van der Waals surface area contributed by atoms with E-state index in [1.165, 1.54) is 0 Å². The lowest BCUT2D eigenvalue weighted by Gasteiger charge is -2.14. The van der Waals surface area contributed by atoms with Crippen molar-refractivity contribution in [1.82, 2.24) is 0 Å². The zero-order valence-corrected chi connectivity index (χ0v) is 7.37. The quantitative estimate of drug-likeness (QED) is 0.630. The number of carbonyl (C=O) groups is 1. The normalized spacial score (nSPS) is 44.3. The van der Waals surface area contributed by atoms with Crippen molar-refractivity contribution in [2.45, 2.75) is 27.2 Å². The molecule has 64 valence electrons. The first-order valence-electron chi connectivity index (χ1n) is 4.26. The molecule has 0 aromatic rings. The van der Waals surface area contributed by atoms with Gasteiger partial charge in [-0.15, -0.1) is 0 Å². The van der Waals surface area contributed by atoms with Crippen LogP contribution in [-0.2, 0) is 4.79 Å². The molecule has 1 aliphatic rings. The van der Waals surface area contributed by atoms with Gasteiger partial charge in [0.2, 0.25) is 0 Å². The zero-order chi connectivity index (χ0) is 8.59. The van der Waals surface area contributed by atoms with Crippen LogP contribution in [0.4, 0.5) is 0 Å². The van der Waals surface area contributed by atoms with Crippen LogP contribution >= 0.6 is 0 Å². The van der Waals surface area contributed by atoms with Gasteiger partial charge in [-0.25, -0.2) is 0 Å². The van der Waals surface area contributed by atoms with Crippen LogP contribution in [0.3, 0.4) is 0 Å². The summed E-state index contributed by atoms with van der Waals surface area (Å²) >= 11 is 0. The molecule has 1 rings (SSSR count). The fraction of sp³-hybridized carbons (Fsp3) is 0.889. The van der Waals surface area contributed by atoms with Crippen LogP contribution in [0.15, 0.2) is 0 Å². The lowest BCUT2D eigenvalue weighted by molar-refractivity contribution is -0.142. The number of aliphatic carboxylic acids is 1. The van der Waals surface area contributed by atoms with Gasteiger partial charge in [0.15, 0.2) is 0 Å². The Morgan fingerprint density at radius 1 is 1.27 bits per heavy atom. The Bertz CT molecular complexity index is 165. The van der Waals surface area contributed by atoms with Gasteiger partial charge in [-0.3, -0.25) is 4.79 Å². The molecule has 1 aliphatic carbocycles. The molecular weight excluding hydrogens is 140 g/mol. The van der Waals surface area contributed by atoms with Crippen LogP contribution in [0, 0.1) is 23.7 Å². The standard InChI is InChI=1S/C9H16O2/c1-5-4-8(9(10)11)7(3)6(5)2/h5-8H,4H2,1-3H3,(H,10,11)/t5-,6-,7-,8-/m1/s1. The molecule has 0 radical (unpaired) electrons. The third-order valence-corrected chi connectivity index (χ3v) is 3.30. The highest BCUT2D eigenvalue weighted by molar-refractivity contribution is 5.70. The van der Waals surface area contributed by atoms with Crippen LogP contribution in [0.5, 0.6) is 0 Å². The van der Waals surface area contributed by atoms with Gasteiger partial charge in [-0.1, -0.05) is 20.8 Å². The Kier molecular flexibility index (Phi) is 2.21. The van der Waals surface area contributed by atoms with Gasteiger partial charge in [0.25, 0.3) is 0 Å². The van der Waals surface area contributed by atoms with Crippen LogP contribution in [0.25, 0.3) is 0 Å². The third-order valence-electron chi connectivity index (χ3n) is 3.30. The van der Waals surface area contributed by atoms with Gasteiger partial charge in [0, 0.05) is 0 Å². The minimum atomic E-state index is -0.617. The summed E-state index contributed by atoms with van der Waals surface area (Å²) in [6.07, 6.45) is 0.859. The third kappa shape index (κ3) is 1.39.